The first-order valence-electron chi connectivity index (χ1n) is 4.68. The average Bonchev–Trinajstić information content (AvgIpc) is 2.24. The predicted octanol–water partition coefficient (Wildman–Crippen LogP) is 2.21. The number of phenolic OH excluding ortho intramolecular Hbond substituents is 1. The van der Waals surface area contributed by atoms with Crippen molar-refractivity contribution in [2.24, 2.45) is 0 Å². The molecule has 0 fully saturated rings. The Bertz CT molecular complexity index is 417. The van der Waals surface area contributed by atoms with Crippen molar-refractivity contribution in [2.75, 3.05) is 6.61 Å². The van der Waals surface area contributed by atoms with Crippen LogP contribution < -0.4 is 0 Å². The molecular weight excluding hydrogens is 276 g/mol. The van der Waals surface area contributed by atoms with Crippen LogP contribution in [0.25, 0.3) is 0 Å². The molecule has 0 aromatic heterocycles. The molecule has 0 spiro atoms. The highest BCUT2D eigenvalue weighted by molar-refractivity contribution is 9.10. The number of carbonyl (C=O) groups excluding carboxylic acids is 2. The van der Waals surface area contributed by atoms with E-state index in [2.05, 4.69) is 20.7 Å². The van der Waals surface area contributed by atoms with Crippen LogP contribution in [0.3, 0.4) is 0 Å². The fourth-order valence-electron chi connectivity index (χ4n) is 1.18. The molecule has 0 unspecified atom stereocenters. The van der Waals surface area contributed by atoms with E-state index in [-0.39, 0.29) is 17.9 Å². The summed E-state index contributed by atoms with van der Waals surface area (Å²) >= 11 is 3.10. The summed E-state index contributed by atoms with van der Waals surface area (Å²) < 4.78 is 4.98. The van der Waals surface area contributed by atoms with Crippen LogP contribution in [0.1, 0.15) is 22.8 Å². The minimum absolute atomic E-state index is 0.0559. The normalized spacial score (nSPS) is 9.94. The molecule has 0 radical (unpaired) electrons. The van der Waals surface area contributed by atoms with Gasteiger partial charge < -0.3 is 9.84 Å². The summed E-state index contributed by atoms with van der Waals surface area (Å²) in [6.07, 6.45) is 0. The van der Waals surface area contributed by atoms with Crippen LogP contribution in [-0.4, -0.2) is 23.5 Å². The highest BCUT2D eigenvalue weighted by Crippen LogP contribution is 2.28. The van der Waals surface area contributed by atoms with Crippen LogP contribution in [-0.2, 0) is 9.53 Å². The van der Waals surface area contributed by atoms with Crippen molar-refractivity contribution in [3.63, 3.8) is 0 Å². The van der Waals surface area contributed by atoms with Gasteiger partial charge in [-0.15, -0.1) is 0 Å². The van der Waals surface area contributed by atoms with Crippen molar-refractivity contribution in [2.45, 2.75) is 13.8 Å². The quantitative estimate of drug-likeness (QED) is 0.526. The molecule has 4 nitrogen and oxygen atoms in total. The van der Waals surface area contributed by atoms with Crippen LogP contribution in [0, 0.1) is 6.92 Å². The van der Waals surface area contributed by atoms with Crippen molar-refractivity contribution >= 4 is 27.7 Å². The van der Waals surface area contributed by atoms with Gasteiger partial charge in [0.2, 0.25) is 0 Å². The summed E-state index contributed by atoms with van der Waals surface area (Å²) in [6, 6.07) is 2.83. The van der Waals surface area contributed by atoms with Crippen LogP contribution in [0.2, 0.25) is 0 Å². The van der Waals surface area contributed by atoms with E-state index in [0.717, 1.165) is 0 Å². The van der Waals surface area contributed by atoms with Crippen molar-refractivity contribution in [3.8, 4) is 5.75 Å². The number of aryl methyl sites for hydroxylation is 1. The van der Waals surface area contributed by atoms with Crippen molar-refractivity contribution in [1.82, 2.24) is 0 Å². The Hall–Kier alpha value is -1.36. The molecule has 16 heavy (non-hydrogen) atoms. The molecule has 0 atom stereocenters. The Labute approximate surface area is 101 Å². The van der Waals surface area contributed by atoms with E-state index in [4.69, 9.17) is 0 Å². The van der Waals surface area contributed by atoms with E-state index in [1.54, 1.807) is 13.8 Å². The lowest BCUT2D eigenvalue weighted by molar-refractivity contribution is -0.137. The molecule has 0 aliphatic heterocycles. The standard InChI is InChI=1S/C11H11BrO4/c1-3-16-11(15)10(14)7-4-6(2)9(13)8(12)5-7/h4-5,13H,3H2,1-2H3. The fourth-order valence-corrected chi connectivity index (χ4v) is 1.74. The van der Waals surface area contributed by atoms with E-state index in [0.29, 0.717) is 10.0 Å². The molecule has 0 amide bonds. The summed E-state index contributed by atoms with van der Waals surface area (Å²) in [5, 5.41) is 9.48. The molecule has 1 aromatic carbocycles. The Balaban J connectivity index is 3.06. The monoisotopic (exact) mass is 286 g/mol. The third-order valence-corrected chi connectivity index (χ3v) is 2.58. The van der Waals surface area contributed by atoms with Gasteiger partial charge in [0.25, 0.3) is 5.78 Å². The molecule has 5 heteroatoms. The number of ether oxygens (including phenoxy) is 1. The zero-order chi connectivity index (χ0) is 12.3. The second-order valence-corrected chi connectivity index (χ2v) is 4.03. The maximum Gasteiger partial charge on any atom is 0.379 e. The van der Waals surface area contributed by atoms with Gasteiger partial charge in [0.05, 0.1) is 11.1 Å². The maximum absolute atomic E-state index is 11.6. The molecule has 1 N–H and O–H groups in total. The molecule has 0 saturated carbocycles. The lowest BCUT2D eigenvalue weighted by Crippen LogP contribution is -2.17. The van der Waals surface area contributed by atoms with E-state index >= 15 is 0 Å². The SMILES string of the molecule is CCOC(=O)C(=O)c1cc(C)c(O)c(Br)c1. The van der Waals surface area contributed by atoms with E-state index in [1.807, 2.05) is 0 Å². The highest BCUT2D eigenvalue weighted by Gasteiger charge is 2.19. The molecular formula is C11H11BrO4. The second kappa shape index (κ2) is 5.12. The van der Waals surface area contributed by atoms with Crippen molar-refractivity contribution in [3.05, 3.63) is 27.7 Å². The predicted molar refractivity (Wildman–Crippen MR) is 61.5 cm³/mol. The van der Waals surface area contributed by atoms with Gasteiger partial charge in [0, 0.05) is 5.56 Å². The number of halogens is 1. The number of esters is 1. The first-order chi connectivity index (χ1) is 7.47. The first-order valence-corrected chi connectivity index (χ1v) is 5.47. The van der Waals surface area contributed by atoms with Crippen LogP contribution >= 0.6 is 15.9 Å². The van der Waals surface area contributed by atoms with Crippen molar-refractivity contribution < 1.29 is 19.4 Å². The van der Waals surface area contributed by atoms with Gasteiger partial charge in [-0.05, 0) is 47.5 Å². The second-order valence-electron chi connectivity index (χ2n) is 3.17. The van der Waals surface area contributed by atoms with Gasteiger partial charge in [-0.25, -0.2) is 4.79 Å². The Morgan fingerprint density at radius 2 is 2.06 bits per heavy atom. The molecule has 1 aromatic rings. The molecule has 0 aliphatic carbocycles. The van der Waals surface area contributed by atoms with Crippen LogP contribution in [0.15, 0.2) is 16.6 Å². The molecule has 0 bridgehead atoms. The summed E-state index contributed by atoms with van der Waals surface area (Å²) in [6.45, 7) is 3.42. The van der Waals surface area contributed by atoms with Gasteiger partial charge in [-0.2, -0.15) is 0 Å². The largest absolute Gasteiger partial charge is 0.506 e. The maximum atomic E-state index is 11.6. The summed E-state index contributed by atoms with van der Waals surface area (Å²) in [5.41, 5.74) is 0.711. The number of rotatable bonds is 3. The van der Waals surface area contributed by atoms with Gasteiger partial charge in [0.15, 0.2) is 0 Å². The molecule has 0 heterocycles. The van der Waals surface area contributed by atoms with Gasteiger partial charge in [-0.1, -0.05) is 0 Å². The minimum Gasteiger partial charge on any atom is -0.506 e. The Morgan fingerprint density at radius 3 is 2.56 bits per heavy atom. The minimum atomic E-state index is -0.889. The van der Waals surface area contributed by atoms with Gasteiger partial charge >= 0.3 is 5.97 Å². The van der Waals surface area contributed by atoms with E-state index in [9.17, 15) is 14.7 Å². The zero-order valence-electron chi connectivity index (χ0n) is 8.91. The smallest absolute Gasteiger partial charge is 0.379 e. The number of aromatic hydroxyl groups is 1. The fraction of sp³-hybridized carbons (Fsp3) is 0.273. The zero-order valence-corrected chi connectivity index (χ0v) is 10.5. The van der Waals surface area contributed by atoms with E-state index < -0.39 is 11.8 Å². The third kappa shape index (κ3) is 2.61. The van der Waals surface area contributed by atoms with E-state index in [1.165, 1.54) is 12.1 Å². The molecule has 0 aliphatic rings. The number of hydrogen-bond acceptors (Lipinski definition) is 4. The number of hydrogen-bond donors (Lipinski definition) is 1. The van der Waals surface area contributed by atoms with Gasteiger partial charge in [-0.3, -0.25) is 4.79 Å². The topological polar surface area (TPSA) is 63.6 Å². The average molecular weight is 287 g/mol. The summed E-state index contributed by atoms with van der Waals surface area (Å²) in [5.74, 6) is -1.55. The van der Waals surface area contributed by atoms with Crippen LogP contribution in [0.5, 0.6) is 5.75 Å². The number of benzene rings is 1. The van der Waals surface area contributed by atoms with Crippen molar-refractivity contribution in [1.29, 1.82) is 0 Å². The molecule has 86 valence electrons. The van der Waals surface area contributed by atoms with Crippen LogP contribution in [0.4, 0.5) is 0 Å². The Kier molecular flexibility index (Phi) is 4.06. The first kappa shape index (κ1) is 12.7. The number of ketones is 1. The summed E-state index contributed by atoms with van der Waals surface area (Å²) in [4.78, 5) is 22.8. The summed E-state index contributed by atoms with van der Waals surface area (Å²) in [7, 11) is 0. The number of Topliss-reactive ketones (excluding diaryl/α,β-unsaturated/α-hetero) is 1. The third-order valence-electron chi connectivity index (χ3n) is 1.98. The molecule has 0 saturated heterocycles. The lowest BCUT2D eigenvalue weighted by Gasteiger charge is -2.05. The lowest BCUT2D eigenvalue weighted by atomic mass is 10.1. The molecule has 1 rings (SSSR count). The number of phenols is 1. The Morgan fingerprint density at radius 1 is 1.44 bits per heavy atom. The number of carbonyl (C=O) groups is 2. The van der Waals surface area contributed by atoms with Gasteiger partial charge in [0.1, 0.15) is 5.75 Å². The highest BCUT2D eigenvalue weighted by atomic mass is 79.9.